The van der Waals surface area contributed by atoms with Gasteiger partial charge in [0.25, 0.3) is 0 Å². The molecule has 1 aromatic carbocycles. The summed E-state index contributed by atoms with van der Waals surface area (Å²) in [4.78, 5) is 0. The minimum absolute atomic E-state index is 0.138. The minimum atomic E-state index is -1.82. The average Bonchev–Trinajstić information content (AvgIpc) is 2.36. The molecule has 0 saturated carbocycles. The fraction of sp³-hybridized carbons (Fsp3) is 0.625. The van der Waals surface area contributed by atoms with E-state index in [1.165, 1.54) is 0 Å². The first-order valence-electron chi connectivity index (χ1n) is 7.31. The SMILES string of the molecule is CC(C)(C)[Si](C)(C)OCC[C@H](O)[C@@H](O)c1ccccc1Cl. The Balaban J connectivity index is 2.55. The van der Waals surface area contributed by atoms with Gasteiger partial charge in [-0.15, -0.1) is 0 Å². The predicted molar refractivity (Wildman–Crippen MR) is 90.2 cm³/mol. The Kier molecular flexibility index (Phi) is 6.44. The lowest BCUT2D eigenvalue weighted by Gasteiger charge is -2.36. The lowest BCUT2D eigenvalue weighted by Crippen LogP contribution is -2.41. The maximum Gasteiger partial charge on any atom is 0.191 e. The van der Waals surface area contributed by atoms with Crippen LogP contribution in [-0.2, 0) is 4.43 Å². The Bertz CT molecular complexity index is 457. The van der Waals surface area contributed by atoms with E-state index in [0.29, 0.717) is 23.6 Å². The van der Waals surface area contributed by atoms with Crippen LogP contribution in [-0.4, -0.2) is 31.2 Å². The first-order valence-corrected chi connectivity index (χ1v) is 10.6. The summed E-state index contributed by atoms with van der Waals surface area (Å²) >= 11 is 6.03. The largest absolute Gasteiger partial charge is 0.417 e. The van der Waals surface area contributed by atoms with E-state index in [9.17, 15) is 10.2 Å². The van der Waals surface area contributed by atoms with Gasteiger partial charge >= 0.3 is 0 Å². The molecular weight excluding hydrogens is 304 g/mol. The first kappa shape index (κ1) is 18.7. The van der Waals surface area contributed by atoms with Crippen LogP contribution in [0.2, 0.25) is 23.2 Å². The molecule has 2 N–H and O–H groups in total. The molecule has 0 radical (unpaired) electrons. The molecule has 0 bridgehead atoms. The molecule has 0 saturated heterocycles. The average molecular weight is 331 g/mol. The number of halogens is 1. The summed E-state index contributed by atoms with van der Waals surface area (Å²) in [7, 11) is -1.82. The lowest BCUT2D eigenvalue weighted by atomic mass is 10.0. The Labute approximate surface area is 134 Å². The topological polar surface area (TPSA) is 49.7 Å². The second-order valence-corrected chi connectivity index (χ2v) is 12.1. The molecule has 0 aliphatic heterocycles. The highest BCUT2D eigenvalue weighted by Gasteiger charge is 2.37. The van der Waals surface area contributed by atoms with Gasteiger partial charge in [0.1, 0.15) is 6.10 Å². The highest BCUT2D eigenvalue weighted by atomic mass is 35.5. The Morgan fingerprint density at radius 1 is 1.19 bits per heavy atom. The van der Waals surface area contributed by atoms with Crippen molar-refractivity contribution in [1.29, 1.82) is 0 Å². The Hall–Kier alpha value is -0.393. The number of aliphatic hydroxyl groups excluding tert-OH is 2. The van der Waals surface area contributed by atoms with Crippen LogP contribution in [0.5, 0.6) is 0 Å². The monoisotopic (exact) mass is 330 g/mol. The maximum absolute atomic E-state index is 10.2. The molecular formula is C16H27ClO3Si. The third-order valence-electron chi connectivity index (χ3n) is 4.27. The summed E-state index contributed by atoms with van der Waals surface area (Å²) in [6, 6.07) is 7.03. The van der Waals surface area contributed by atoms with Crippen LogP contribution in [0.25, 0.3) is 0 Å². The van der Waals surface area contributed by atoms with E-state index >= 15 is 0 Å². The van der Waals surface area contributed by atoms with Crippen LogP contribution in [0.1, 0.15) is 38.9 Å². The van der Waals surface area contributed by atoms with Gasteiger partial charge in [-0.3, -0.25) is 0 Å². The summed E-state index contributed by atoms with van der Waals surface area (Å²) in [5, 5.41) is 20.9. The van der Waals surface area contributed by atoms with Gasteiger partial charge in [0.05, 0.1) is 6.10 Å². The number of aliphatic hydroxyl groups is 2. The fourth-order valence-corrected chi connectivity index (χ4v) is 3.04. The normalized spacial score (nSPS) is 15.8. The summed E-state index contributed by atoms with van der Waals surface area (Å²) < 4.78 is 6.02. The van der Waals surface area contributed by atoms with Crippen LogP contribution in [0.3, 0.4) is 0 Å². The van der Waals surface area contributed by atoms with E-state index in [1.807, 2.05) is 0 Å². The lowest BCUT2D eigenvalue weighted by molar-refractivity contribution is 0.00523. The van der Waals surface area contributed by atoms with Crippen molar-refractivity contribution in [2.45, 2.75) is 57.5 Å². The molecule has 3 nitrogen and oxygen atoms in total. The van der Waals surface area contributed by atoms with Gasteiger partial charge < -0.3 is 14.6 Å². The molecule has 0 unspecified atom stereocenters. The predicted octanol–water partition coefficient (Wildman–Crippen LogP) is 4.15. The Morgan fingerprint density at radius 2 is 1.76 bits per heavy atom. The van der Waals surface area contributed by atoms with Crippen molar-refractivity contribution in [1.82, 2.24) is 0 Å². The quantitative estimate of drug-likeness (QED) is 0.770. The first-order chi connectivity index (χ1) is 9.56. The van der Waals surface area contributed by atoms with E-state index in [0.717, 1.165) is 0 Å². The zero-order chi connectivity index (χ0) is 16.3. The zero-order valence-electron chi connectivity index (χ0n) is 13.6. The zero-order valence-corrected chi connectivity index (χ0v) is 15.3. The van der Waals surface area contributed by atoms with E-state index in [-0.39, 0.29) is 5.04 Å². The van der Waals surface area contributed by atoms with Crippen molar-refractivity contribution in [3.05, 3.63) is 34.9 Å². The fourth-order valence-electron chi connectivity index (χ4n) is 1.73. The van der Waals surface area contributed by atoms with Crippen LogP contribution < -0.4 is 0 Å². The van der Waals surface area contributed by atoms with E-state index in [2.05, 4.69) is 33.9 Å². The molecule has 21 heavy (non-hydrogen) atoms. The Morgan fingerprint density at radius 3 is 2.29 bits per heavy atom. The molecule has 1 aromatic rings. The van der Waals surface area contributed by atoms with Crippen LogP contribution in [0.15, 0.2) is 24.3 Å². The summed E-state index contributed by atoms with van der Waals surface area (Å²) in [5.41, 5.74) is 0.555. The van der Waals surface area contributed by atoms with Crippen molar-refractivity contribution in [2.24, 2.45) is 0 Å². The number of rotatable bonds is 6. The molecule has 1 rings (SSSR count). The van der Waals surface area contributed by atoms with Gasteiger partial charge in [0.2, 0.25) is 0 Å². The van der Waals surface area contributed by atoms with Crippen LogP contribution in [0.4, 0.5) is 0 Å². The third-order valence-corrected chi connectivity index (χ3v) is 9.15. The van der Waals surface area contributed by atoms with Gasteiger partial charge in [-0.2, -0.15) is 0 Å². The van der Waals surface area contributed by atoms with E-state index in [4.69, 9.17) is 16.0 Å². The molecule has 120 valence electrons. The minimum Gasteiger partial charge on any atom is -0.417 e. The maximum atomic E-state index is 10.2. The van der Waals surface area contributed by atoms with Crippen molar-refractivity contribution < 1.29 is 14.6 Å². The molecule has 0 aliphatic rings. The second-order valence-electron chi connectivity index (χ2n) is 6.93. The van der Waals surface area contributed by atoms with E-state index in [1.54, 1.807) is 24.3 Å². The molecule has 2 atom stereocenters. The van der Waals surface area contributed by atoms with Crippen molar-refractivity contribution >= 4 is 19.9 Å². The molecule has 0 fully saturated rings. The molecule has 0 aliphatic carbocycles. The highest BCUT2D eigenvalue weighted by Crippen LogP contribution is 2.36. The van der Waals surface area contributed by atoms with Gasteiger partial charge in [-0.05, 0) is 30.6 Å². The van der Waals surface area contributed by atoms with Crippen LogP contribution in [0, 0.1) is 0 Å². The highest BCUT2D eigenvalue weighted by molar-refractivity contribution is 6.74. The molecule has 0 heterocycles. The van der Waals surface area contributed by atoms with E-state index < -0.39 is 20.5 Å². The standard InChI is InChI=1S/C16H27ClO3Si/c1-16(2,3)21(4,5)20-11-10-14(18)15(19)12-8-6-7-9-13(12)17/h6-9,14-15,18-19H,10-11H2,1-5H3/t14-,15-/m0/s1. The van der Waals surface area contributed by atoms with Crippen LogP contribution >= 0.6 is 11.6 Å². The molecule has 5 heteroatoms. The van der Waals surface area contributed by atoms with Gasteiger partial charge in [-0.1, -0.05) is 50.6 Å². The second kappa shape index (κ2) is 7.25. The van der Waals surface area contributed by atoms with Crippen molar-refractivity contribution in [2.75, 3.05) is 6.61 Å². The summed E-state index contributed by atoms with van der Waals surface area (Å²) in [6.45, 7) is 11.3. The smallest absolute Gasteiger partial charge is 0.191 e. The molecule has 0 aromatic heterocycles. The molecule has 0 amide bonds. The summed E-state index contributed by atoms with van der Waals surface area (Å²) in [6.07, 6.45) is -1.48. The number of benzene rings is 1. The summed E-state index contributed by atoms with van der Waals surface area (Å²) in [5.74, 6) is 0. The van der Waals surface area contributed by atoms with Crippen molar-refractivity contribution in [3.8, 4) is 0 Å². The third kappa shape index (κ3) is 5.08. The number of hydrogen-bond acceptors (Lipinski definition) is 3. The van der Waals surface area contributed by atoms with Gasteiger partial charge in [-0.25, -0.2) is 0 Å². The van der Waals surface area contributed by atoms with Gasteiger partial charge in [0.15, 0.2) is 8.32 Å². The van der Waals surface area contributed by atoms with Gasteiger partial charge in [0, 0.05) is 17.2 Å². The molecule has 0 spiro atoms. The van der Waals surface area contributed by atoms with Crippen molar-refractivity contribution in [3.63, 3.8) is 0 Å². The number of hydrogen-bond donors (Lipinski definition) is 2.